The Morgan fingerprint density at radius 3 is 2.38 bits per heavy atom. The largest absolute Gasteiger partial charge is 0.494 e. The molecule has 2 unspecified atom stereocenters. The maximum Gasteiger partial charge on any atom is 0.338 e. The quantitative estimate of drug-likeness (QED) is 0.669. The number of aromatic hydroxyl groups is 2. The van der Waals surface area contributed by atoms with Crippen molar-refractivity contribution in [2.24, 2.45) is 0 Å². The van der Waals surface area contributed by atoms with Gasteiger partial charge in [-0.15, -0.1) is 0 Å². The molecule has 124 valence electrons. The smallest absolute Gasteiger partial charge is 0.338 e. The van der Waals surface area contributed by atoms with Gasteiger partial charge in [-0.25, -0.2) is 4.79 Å². The van der Waals surface area contributed by atoms with Crippen LogP contribution in [-0.2, 0) is 4.74 Å². The fourth-order valence-electron chi connectivity index (χ4n) is 3.92. The van der Waals surface area contributed by atoms with Gasteiger partial charge in [0, 0.05) is 23.0 Å². The second-order valence-corrected chi connectivity index (χ2v) is 6.37. The van der Waals surface area contributed by atoms with E-state index < -0.39 is 0 Å². The summed E-state index contributed by atoms with van der Waals surface area (Å²) in [6, 6.07) is 5.09. The third-order valence-electron chi connectivity index (χ3n) is 4.97. The summed E-state index contributed by atoms with van der Waals surface area (Å²) in [5, 5.41) is 21.3. The average molecular weight is 325 g/mol. The number of aromatic nitrogens is 1. The number of aryl methyl sites for hydroxylation is 1. The fraction of sp³-hybridized carbons (Fsp3) is 0.316. The lowest BCUT2D eigenvalue weighted by Gasteiger charge is -2.13. The number of esters is 1. The molecule has 4 rings (SSSR count). The summed E-state index contributed by atoms with van der Waals surface area (Å²) in [5.41, 5.74) is 3.55. The van der Waals surface area contributed by atoms with Crippen LogP contribution in [0.3, 0.4) is 0 Å². The van der Waals surface area contributed by atoms with Gasteiger partial charge in [-0.05, 0) is 44.0 Å². The minimum absolute atomic E-state index is 0.0892. The van der Waals surface area contributed by atoms with Gasteiger partial charge in [-0.1, -0.05) is 12.2 Å². The Kier molecular flexibility index (Phi) is 3.20. The summed E-state index contributed by atoms with van der Waals surface area (Å²) in [4.78, 5) is 11.9. The first-order valence-electron chi connectivity index (χ1n) is 8.15. The van der Waals surface area contributed by atoms with Crippen LogP contribution in [0.15, 0.2) is 30.4 Å². The van der Waals surface area contributed by atoms with Gasteiger partial charge in [0.15, 0.2) is 0 Å². The van der Waals surface area contributed by atoms with Crippen molar-refractivity contribution in [3.63, 3.8) is 0 Å². The number of nitrogens with zero attached hydrogens (tertiary/aromatic N) is 1. The van der Waals surface area contributed by atoms with E-state index in [0.717, 1.165) is 23.1 Å². The van der Waals surface area contributed by atoms with Gasteiger partial charge in [0.05, 0.1) is 17.9 Å². The summed E-state index contributed by atoms with van der Waals surface area (Å²) in [6.07, 6.45) is 5.10. The molecule has 1 heterocycles. The SMILES string of the molecule is CCOC(=O)c1ccc(-n2c(O)c3c(c2O)C2C=CC3C2)c(C)c1. The molecule has 0 spiro atoms. The van der Waals surface area contributed by atoms with E-state index in [1.807, 2.05) is 6.92 Å². The van der Waals surface area contributed by atoms with E-state index in [1.165, 1.54) is 4.57 Å². The van der Waals surface area contributed by atoms with Crippen LogP contribution in [-0.4, -0.2) is 27.4 Å². The van der Waals surface area contributed by atoms with Crippen LogP contribution in [0.4, 0.5) is 0 Å². The van der Waals surface area contributed by atoms with Crippen LogP contribution in [0.2, 0.25) is 0 Å². The third kappa shape index (κ3) is 1.90. The van der Waals surface area contributed by atoms with Crippen LogP contribution in [0.1, 0.15) is 52.2 Å². The van der Waals surface area contributed by atoms with Crippen LogP contribution < -0.4 is 0 Å². The lowest BCUT2D eigenvalue weighted by atomic mass is 10.0. The number of carbonyl (C=O) groups is 1. The van der Waals surface area contributed by atoms with Crippen molar-refractivity contribution in [1.82, 2.24) is 4.57 Å². The minimum Gasteiger partial charge on any atom is -0.494 e. The number of hydrogen-bond acceptors (Lipinski definition) is 4. The zero-order valence-corrected chi connectivity index (χ0v) is 13.6. The first-order chi connectivity index (χ1) is 11.5. The predicted octanol–water partition coefficient (Wildman–Crippen LogP) is 3.51. The molecule has 0 aliphatic heterocycles. The standard InChI is InChI=1S/C19H19NO4/c1-3-24-19(23)13-6-7-14(10(2)8-13)20-17(21)15-11-4-5-12(9-11)16(15)18(20)22/h4-8,11-12,21-22H,3,9H2,1-2H3. The lowest BCUT2D eigenvalue weighted by molar-refractivity contribution is 0.0526. The monoisotopic (exact) mass is 325 g/mol. The number of rotatable bonds is 3. The van der Waals surface area contributed by atoms with E-state index in [2.05, 4.69) is 12.2 Å². The van der Waals surface area contributed by atoms with Gasteiger partial charge in [0.2, 0.25) is 11.8 Å². The van der Waals surface area contributed by atoms with Crippen molar-refractivity contribution < 1.29 is 19.7 Å². The molecule has 1 aromatic heterocycles. The molecule has 0 radical (unpaired) electrons. The minimum atomic E-state index is -0.377. The normalized spacial score (nSPS) is 20.4. The molecule has 2 bridgehead atoms. The highest BCUT2D eigenvalue weighted by molar-refractivity contribution is 5.90. The number of hydrogen-bond donors (Lipinski definition) is 2. The molecule has 2 aliphatic carbocycles. The number of ether oxygens (including phenoxy) is 1. The zero-order chi connectivity index (χ0) is 17.0. The third-order valence-corrected chi connectivity index (χ3v) is 4.97. The molecule has 0 amide bonds. The molecule has 5 nitrogen and oxygen atoms in total. The molecule has 2 N–H and O–H groups in total. The molecule has 0 saturated carbocycles. The number of benzene rings is 1. The maximum absolute atomic E-state index is 11.9. The summed E-state index contributed by atoms with van der Waals surface area (Å²) < 4.78 is 6.48. The predicted molar refractivity (Wildman–Crippen MR) is 89.0 cm³/mol. The second-order valence-electron chi connectivity index (χ2n) is 6.37. The zero-order valence-electron chi connectivity index (χ0n) is 13.6. The Bertz CT molecular complexity index is 842. The summed E-state index contributed by atoms with van der Waals surface area (Å²) in [5.74, 6) is 0.156. The Hall–Kier alpha value is -2.69. The first-order valence-corrected chi connectivity index (χ1v) is 8.15. The Labute approximate surface area is 139 Å². The molecule has 24 heavy (non-hydrogen) atoms. The van der Waals surface area contributed by atoms with Gasteiger partial charge in [0.1, 0.15) is 0 Å². The Morgan fingerprint density at radius 1 is 1.21 bits per heavy atom. The second kappa shape index (κ2) is 5.16. The average Bonchev–Trinajstić information content (AvgIpc) is 3.23. The van der Waals surface area contributed by atoms with Crippen molar-refractivity contribution in [2.45, 2.75) is 32.1 Å². The van der Waals surface area contributed by atoms with Crippen LogP contribution in [0.25, 0.3) is 5.69 Å². The molecule has 1 aromatic carbocycles. The van der Waals surface area contributed by atoms with E-state index in [9.17, 15) is 15.0 Å². The number of carbonyl (C=O) groups excluding carboxylic acids is 1. The van der Waals surface area contributed by atoms with Crippen molar-refractivity contribution in [3.8, 4) is 17.4 Å². The topological polar surface area (TPSA) is 71.7 Å². The van der Waals surface area contributed by atoms with Gasteiger partial charge >= 0.3 is 5.97 Å². The highest BCUT2D eigenvalue weighted by Crippen LogP contribution is 2.57. The number of allylic oxidation sites excluding steroid dienone is 2. The molecule has 2 aliphatic rings. The van der Waals surface area contributed by atoms with Crippen molar-refractivity contribution in [2.75, 3.05) is 6.61 Å². The summed E-state index contributed by atoms with van der Waals surface area (Å²) >= 11 is 0. The van der Waals surface area contributed by atoms with Crippen LogP contribution >= 0.6 is 0 Å². The van der Waals surface area contributed by atoms with Crippen molar-refractivity contribution >= 4 is 5.97 Å². The molecule has 5 heteroatoms. The number of fused-ring (bicyclic) bond motifs is 5. The molecule has 2 atom stereocenters. The van der Waals surface area contributed by atoms with Crippen LogP contribution in [0, 0.1) is 6.92 Å². The van der Waals surface area contributed by atoms with Crippen LogP contribution in [0.5, 0.6) is 11.8 Å². The fourth-order valence-corrected chi connectivity index (χ4v) is 3.92. The van der Waals surface area contributed by atoms with Crippen molar-refractivity contribution in [3.05, 3.63) is 52.6 Å². The molecule has 0 fully saturated rings. The van der Waals surface area contributed by atoms with Crippen molar-refractivity contribution in [1.29, 1.82) is 0 Å². The highest BCUT2D eigenvalue weighted by Gasteiger charge is 2.41. The van der Waals surface area contributed by atoms with Gasteiger partial charge < -0.3 is 14.9 Å². The molecule has 0 saturated heterocycles. The molecular weight excluding hydrogens is 306 g/mol. The van der Waals surface area contributed by atoms with E-state index in [0.29, 0.717) is 17.9 Å². The van der Waals surface area contributed by atoms with E-state index >= 15 is 0 Å². The van der Waals surface area contributed by atoms with E-state index in [1.54, 1.807) is 25.1 Å². The van der Waals surface area contributed by atoms with Gasteiger partial charge in [0.25, 0.3) is 0 Å². The highest BCUT2D eigenvalue weighted by atomic mass is 16.5. The molecule has 2 aromatic rings. The first kappa shape index (κ1) is 14.9. The van der Waals surface area contributed by atoms with E-state index in [-0.39, 0.29) is 29.6 Å². The Balaban J connectivity index is 1.80. The van der Waals surface area contributed by atoms with Gasteiger partial charge in [-0.3, -0.25) is 4.57 Å². The lowest BCUT2D eigenvalue weighted by Crippen LogP contribution is -2.06. The Morgan fingerprint density at radius 2 is 1.83 bits per heavy atom. The molecular formula is C19H19NO4. The summed E-state index contributed by atoms with van der Waals surface area (Å²) in [6.45, 7) is 3.93. The van der Waals surface area contributed by atoms with Gasteiger partial charge in [-0.2, -0.15) is 0 Å². The maximum atomic E-state index is 11.9. The van der Waals surface area contributed by atoms with E-state index in [4.69, 9.17) is 4.74 Å². The summed E-state index contributed by atoms with van der Waals surface area (Å²) in [7, 11) is 0.